The molecule has 0 saturated carbocycles. The highest BCUT2D eigenvalue weighted by Crippen LogP contribution is 2.35. The highest BCUT2D eigenvalue weighted by atomic mass is 35.5. The van der Waals surface area contributed by atoms with Crippen LogP contribution in [0.3, 0.4) is 0 Å². The second kappa shape index (κ2) is 6.87. The summed E-state index contributed by atoms with van der Waals surface area (Å²) < 4.78 is 0. The summed E-state index contributed by atoms with van der Waals surface area (Å²) in [4.78, 5) is 20.5. The Hall–Kier alpha value is -2.15. The summed E-state index contributed by atoms with van der Waals surface area (Å²) in [6.07, 6.45) is 1.85. The molecule has 3 aromatic rings. The zero-order valence-corrected chi connectivity index (χ0v) is 16.0. The third-order valence-corrected chi connectivity index (χ3v) is 5.55. The van der Waals surface area contributed by atoms with Crippen molar-refractivity contribution in [3.8, 4) is 0 Å². The first-order valence-electron chi connectivity index (χ1n) is 7.86. The summed E-state index contributed by atoms with van der Waals surface area (Å²) in [5.74, 6) is 0.718. The van der Waals surface area contributed by atoms with Gasteiger partial charge in [-0.1, -0.05) is 47.1 Å². The van der Waals surface area contributed by atoms with Crippen molar-refractivity contribution < 1.29 is 4.79 Å². The van der Waals surface area contributed by atoms with Gasteiger partial charge in [-0.3, -0.25) is 4.79 Å². The van der Waals surface area contributed by atoms with Crippen LogP contribution < -0.4 is 10.6 Å². The average Bonchev–Trinajstić information content (AvgIpc) is 3.12. The number of nitrogens with zero attached hydrogens (tertiary/aromatic N) is 1. The van der Waals surface area contributed by atoms with E-state index in [0.717, 1.165) is 22.4 Å². The number of halogens is 2. The highest BCUT2D eigenvalue weighted by Gasteiger charge is 2.28. The largest absolute Gasteiger partial charge is 0.354 e. The number of rotatable bonds is 3. The van der Waals surface area contributed by atoms with Crippen molar-refractivity contribution in [1.29, 1.82) is 0 Å². The number of para-hydroxylation sites is 1. The summed E-state index contributed by atoms with van der Waals surface area (Å²) in [5.41, 5.74) is 3.03. The summed E-state index contributed by atoms with van der Waals surface area (Å²) >= 11 is 13.7. The van der Waals surface area contributed by atoms with E-state index in [1.165, 1.54) is 11.8 Å². The molecular weight excluding hydrogens is 391 g/mol. The monoisotopic (exact) mass is 404 g/mol. The van der Waals surface area contributed by atoms with Gasteiger partial charge in [0.15, 0.2) is 5.50 Å². The van der Waals surface area contributed by atoms with E-state index in [1.807, 2.05) is 31.2 Å². The first-order chi connectivity index (χ1) is 12.5. The molecule has 2 aromatic carbocycles. The Bertz CT molecular complexity index is 1030. The van der Waals surface area contributed by atoms with Crippen LogP contribution in [-0.2, 0) is 4.79 Å². The van der Waals surface area contributed by atoms with Crippen molar-refractivity contribution in [3.63, 3.8) is 0 Å². The number of aromatic nitrogens is 2. The van der Waals surface area contributed by atoms with E-state index in [1.54, 1.807) is 18.2 Å². The first kappa shape index (κ1) is 17.3. The van der Waals surface area contributed by atoms with E-state index in [2.05, 4.69) is 20.6 Å². The Labute approximate surface area is 164 Å². The molecule has 132 valence electrons. The van der Waals surface area contributed by atoms with Gasteiger partial charge in [0, 0.05) is 0 Å². The normalized spacial score (nSPS) is 18.5. The van der Waals surface area contributed by atoms with Gasteiger partial charge in [-0.25, -0.2) is 4.98 Å². The standard InChI is InChI=1S/C18H14Cl2N4OS/c1-9-21-13-6-5-10(7-14(13)22-9)8-15-17(25)24-18(26-15)23-16-11(19)3-2-4-12(16)20/h2-8,18,23H,1H3,(H,21,22)(H,24,25)/b15-8-. The number of hydrogen-bond donors (Lipinski definition) is 3. The molecule has 4 rings (SSSR count). The summed E-state index contributed by atoms with van der Waals surface area (Å²) in [6, 6.07) is 11.1. The smallest absolute Gasteiger partial charge is 0.260 e. The topological polar surface area (TPSA) is 69.8 Å². The average molecular weight is 405 g/mol. The molecule has 5 nitrogen and oxygen atoms in total. The van der Waals surface area contributed by atoms with Crippen LogP contribution in [0.15, 0.2) is 41.3 Å². The molecule has 1 fully saturated rings. The molecule has 1 aliphatic rings. The SMILES string of the molecule is Cc1nc2ccc(/C=C3\SC(Nc4c(Cl)cccc4Cl)NC3=O)cc2[nH]1. The first-order valence-corrected chi connectivity index (χ1v) is 9.49. The third kappa shape index (κ3) is 3.40. The number of carbonyl (C=O) groups is 1. The van der Waals surface area contributed by atoms with Gasteiger partial charge >= 0.3 is 0 Å². The maximum atomic E-state index is 12.3. The maximum Gasteiger partial charge on any atom is 0.260 e. The molecule has 26 heavy (non-hydrogen) atoms. The number of amides is 1. The molecule has 3 N–H and O–H groups in total. The second-order valence-electron chi connectivity index (χ2n) is 5.82. The third-order valence-electron chi connectivity index (χ3n) is 3.89. The highest BCUT2D eigenvalue weighted by molar-refractivity contribution is 8.05. The van der Waals surface area contributed by atoms with Crippen molar-refractivity contribution in [2.45, 2.75) is 12.4 Å². The van der Waals surface area contributed by atoms with E-state index >= 15 is 0 Å². The molecule has 1 aromatic heterocycles. The minimum Gasteiger partial charge on any atom is -0.354 e. The number of aryl methyl sites for hydroxylation is 1. The summed E-state index contributed by atoms with van der Waals surface area (Å²) in [5, 5.41) is 7.05. The lowest BCUT2D eigenvalue weighted by atomic mass is 10.2. The summed E-state index contributed by atoms with van der Waals surface area (Å²) in [7, 11) is 0. The van der Waals surface area contributed by atoms with E-state index in [4.69, 9.17) is 23.2 Å². The van der Waals surface area contributed by atoms with Crippen LogP contribution in [-0.4, -0.2) is 21.4 Å². The zero-order valence-electron chi connectivity index (χ0n) is 13.6. The van der Waals surface area contributed by atoms with Gasteiger partial charge in [-0.15, -0.1) is 0 Å². The number of nitrogens with one attached hydrogen (secondary N) is 3. The Morgan fingerprint density at radius 3 is 2.77 bits per heavy atom. The van der Waals surface area contributed by atoms with Crippen LogP contribution in [0.4, 0.5) is 5.69 Å². The zero-order chi connectivity index (χ0) is 18.3. The van der Waals surface area contributed by atoms with E-state index < -0.39 is 0 Å². The van der Waals surface area contributed by atoms with Crippen LogP contribution in [0.1, 0.15) is 11.4 Å². The Kier molecular flexibility index (Phi) is 4.56. The lowest BCUT2D eigenvalue weighted by Gasteiger charge is -2.15. The Balaban J connectivity index is 1.56. The molecule has 0 spiro atoms. The number of fused-ring (bicyclic) bond motifs is 1. The molecule has 8 heteroatoms. The number of anilines is 1. The van der Waals surface area contributed by atoms with Crippen LogP contribution in [0.2, 0.25) is 10.0 Å². The maximum absolute atomic E-state index is 12.3. The number of benzene rings is 2. The molecule has 1 amide bonds. The van der Waals surface area contributed by atoms with Crippen molar-refractivity contribution >= 4 is 63.7 Å². The molecular formula is C18H14Cl2N4OS. The number of aromatic amines is 1. The fourth-order valence-corrected chi connectivity index (χ4v) is 4.20. The van der Waals surface area contributed by atoms with E-state index in [9.17, 15) is 4.79 Å². The number of carbonyl (C=O) groups excluding carboxylic acids is 1. The number of thioether (sulfide) groups is 1. The molecule has 1 saturated heterocycles. The Morgan fingerprint density at radius 1 is 1.23 bits per heavy atom. The van der Waals surface area contributed by atoms with Crippen LogP contribution in [0.5, 0.6) is 0 Å². The van der Waals surface area contributed by atoms with Gasteiger partial charge in [-0.2, -0.15) is 0 Å². The van der Waals surface area contributed by atoms with Gasteiger partial charge < -0.3 is 15.6 Å². The van der Waals surface area contributed by atoms with Crippen molar-refractivity contribution in [3.05, 3.63) is 62.7 Å². The molecule has 1 unspecified atom stereocenters. The Morgan fingerprint density at radius 2 is 2.00 bits per heavy atom. The molecule has 0 bridgehead atoms. The second-order valence-corrected chi connectivity index (χ2v) is 7.78. The summed E-state index contributed by atoms with van der Waals surface area (Å²) in [6.45, 7) is 1.91. The molecule has 0 radical (unpaired) electrons. The van der Waals surface area contributed by atoms with Crippen LogP contribution >= 0.6 is 35.0 Å². The molecule has 1 aliphatic heterocycles. The van der Waals surface area contributed by atoms with Crippen LogP contribution in [0, 0.1) is 6.92 Å². The fraction of sp³-hybridized carbons (Fsp3) is 0.111. The lowest BCUT2D eigenvalue weighted by molar-refractivity contribution is -0.116. The van der Waals surface area contributed by atoms with Gasteiger partial charge in [0.25, 0.3) is 5.91 Å². The van der Waals surface area contributed by atoms with Gasteiger partial charge in [0.2, 0.25) is 0 Å². The predicted molar refractivity (Wildman–Crippen MR) is 108 cm³/mol. The van der Waals surface area contributed by atoms with Crippen molar-refractivity contribution in [2.24, 2.45) is 0 Å². The van der Waals surface area contributed by atoms with Gasteiger partial charge in [0.1, 0.15) is 5.82 Å². The lowest BCUT2D eigenvalue weighted by Crippen LogP contribution is -2.31. The van der Waals surface area contributed by atoms with Crippen molar-refractivity contribution in [2.75, 3.05) is 5.32 Å². The molecule has 2 heterocycles. The minimum atomic E-state index is -0.343. The number of hydrogen-bond acceptors (Lipinski definition) is 4. The fourth-order valence-electron chi connectivity index (χ4n) is 2.73. The quantitative estimate of drug-likeness (QED) is 0.549. The molecule has 1 atom stereocenters. The van der Waals surface area contributed by atoms with Gasteiger partial charge in [0.05, 0.1) is 31.7 Å². The number of imidazole rings is 1. The van der Waals surface area contributed by atoms with Crippen LogP contribution in [0.25, 0.3) is 17.1 Å². The number of H-pyrrole nitrogens is 1. The molecule has 0 aliphatic carbocycles. The van der Waals surface area contributed by atoms with E-state index in [-0.39, 0.29) is 11.4 Å². The minimum absolute atomic E-state index is 0.142. The van der Waals surface area contributed by atoms with Crippen molar-refractivity contribution in [1.82, 2.24) is 15.3 Å². The van der Waals surface area contributed by atoms with E-state index in [0.29, 0.717) is 20.6 Å². The predicted octanol–water partition coefficient (Wildman–Crippen LogP) is 4.78. The van der Waals surface area contributed by atoms with Gasteiger partial charge in [-0.05, 0) is 42.8 Å².